The van der Waals surface area contributed by atoms with Gasteiger partial charge in [-0.15, -0.1) is 0 Å². The van der Waals surface area contributed by atoms with E-state index in [1.807, 2.05) is 0 Å². The first-order valence-electron chi connectivity index (χ1n) is 4.44. The molecule has 0 bridgehead atoms. The van der Waals surface area contributed by atoms with Crippen LogP contribution in [0.3, 0.4) is 0 Å². The average molecular weight is 168 g/mol. The Kier molecular flexibility index (Phi) is 3.14. The zero-order valence-electron chi connectivity index (χ0n) is 7.71. The highest BCUT2D eigenvalue weighted by atomic mass is 16.1. The van der Waals surface area contributed by atoms with Gasteiger partial charge in [0.05, 0.1) is 0 Å². The molecule has 3 nitrogen and oxygen atoms in total. The van der Waals surface area contributed by atoms with E-state index in [4.69, 9.17) is 0 Å². The third-order valence-electron chi connectivity index (χ3n) is 1.90. The normalized spacial score (nSPS) is 10.9. The van der Waals surface area contributed by atoms with E-state index in [0.29, 0.717) is 0 Å². The Morgan fingerprint density at radius 2 is 2.33 bits per heavy atom. The van der Waals surface area contributed by atoms with Crippen molar-refractivity contribution in [2.24, 2.45) is 5.92 Å². The summed E-state index contributed by atoms with van der Waals surface area (Å²) in [6.07, 6.45) is 5.73. The van der Waals surface area contributed by atoms with E-state index in [1.54, 1.807) is 17.0 Å². The molecule has 12 heavy (non-hydrogen) atoms. The number of nitrogens with one attached hydrogen (secondary N) is 1. The molecule has 0 aromatic carbocycles. The maximum Gasteiger partial charge on any atom is 0.325 e. The van der Waals surface area contributed by atoms with Crippen LogP contribution in [0.4, 0.5) is 0 Å². The monoisotopic (exact) mass is 168 g/mol. The van der Waals surface area contributed by atoms with Gasteiger partial charge in [0.15, 0.2) is 0 Å². The lowest BCUT2D eigenvalue weighted by atomic mass is 10.1. The Morgan fingerprint density at radius 3 is 2.83 bits per heavy atom. The molecule has 0 aliphatic heterocycles. The maximum absolute atomic E-state index is 11.0. The first-order valence-corrected chi connectivity index (χ1v) is 4.44. The van der Waals surface area contributed by atoms with E-state index in [0.717, 1.165) is 18.9 Å². The second-order valence-electron chi connectivity index (χ2n) is 3.49. The van der Waals surface area contributed by atoms with Crippen LogP contribution in [0.1, 0.15) is 26.7 Å². The number of aryl methyl sites for hydroxylation is 1. The van der Waals surface area contributed by atoms with Gasteiger partial charge in [-0.25, -0.2) is 4.79 Å². The summed E-state index contributed by atoms with van der Waals surface area (Å²) < 4.78 is 1.71. The summed E-state index contributed by atoms with van der Waals surface area (Å²) in [7, 11) is 0. The van der Waals surface area contributed by atoms with Gasteiger partial charge < -0.3 is 4.98 Å². The molecule has 3 heteroatoms. The molecule has 0 aliphatic carbocycles. The van der Waals surface area contributed by atoms with E-state index in [1.165, 1.54) is 6.42 Å². The first kappa shape index (κ1) is 9.10. The molecule has 1 aromatic heterocycles. The summed E-state index contributed by atoms with van der Waals surface area (Å²) >= 11 is 0. The second-order valence-corrected chi connectivity index (χ2v) is 3.49. The highest BCUT2D eigenvalue weighted by molar-refractivity contribution is 4.75. The number of nitrogens with zero attached hydrogens (tertiary/aromatic N) is 1. The molecule has 0 atom stereocenters. The maximum atomic E-state index is 11.0. The smallest absolute Gasteiger partial charge is 0.313 e. The van der Waals surface area contributed by atoms with Gasteiger partial charge in [0, 0.05) is 18.9 Å². The molecular weight excluding hydrogens is 152 g/mol. The average Bonchev–Trinajstić information content (AvgIpc) is 2.36. The van der Waals surface area contributed by atoms with Crippen molar-refractivity contribution in [3.05, 3.63) is 22.9 Å². The summed E-state index contributed by atoms with van der Waals surface area (Å²) in [6.45, 7) is 5.22. The van der Waals surface area contributed by atoms with Gasteiger partial charge >= 0.3 is 5.69 Å². The van der Waals surface area contributed by atoms with E-state index >= 15 is 0 Å². The Labute approximate surface area is 72.4 Å². The Balaban J connectivity index is 2.34. The van der Waals surface area contributed by atoms with Crippen molar-refractivity contribution in [1.82, 2.24) is 9.55 Å². The molecule has 0 saturated heterocycles. The van der Waals surface area contributed by atoms with Crippen molar-refractivity contribution in [3.8, 4) is 0 Å². The molecule has 0 radical (unpaired) electrons. The van der Waals surface area contributed by atoms with Crippen molar-refractivity contribution in [1.29, 1.82) is 0 Å². The molecule has 1 N–H and O–H groups in total. The molecule has 0 aliphatic rings. The molecule has 0 spiro atoms. The number of hydrogen-bond donors (Lipinski definition) is 1. The number of rotatable bonds is 4. The number of aromatic nitrogens is 2. The Bertz CT molecular complexity index is 272. The van der Waals surface area contributed by atoms with Crippen LogP contribution in [0.25, 0.3) is 0 Å². The van der Waals surface area contributed by atoms with E-state index < -0.39 is 0 Å². The number of H-pyrrole nitrogens is 1. The highest BCUT2D eigenvalue weighted by Gasteiger charge is 1.97. The zero-order chi connectivity index (χ0) is 8.97. The first-order chi connectivity index (χ1) is 5.70. The minimum absolute atomic E-state index is 0.00115. The van der Waals surface area contributed by atoms with Gasteiger partial charge in [-0.05, 0) is 18.8 Å². The van der Waals surface area contributed by atoms with Gasteiger partial charge in [-0.1, -0.05) is 13.8 Å². The molecule has 0 fully saturated rings. The van der Waals surface area contributed by atoms with Crippen LogP contribution in [-0.2, 0) is 6.54 Å². The summed E-state index contributed by atoms with van der Waals surface area (Å²) in [5, 5.41) is 0. The number of imidazole rings is 1. The zero-order valence-corrected chi connectivity index (χ0v) is 7.71. The van der Waals surface area contributed by atoms with Crippen molar-refractivity contribution >= 4 is 0 Å². The number of hydrogen-bond acceptors (Lipinski definition) is 1. The molecule has 0 saturated carbocycles. The highest BCUT2D eigenvalue weighted by Crippen LogP contribution is 2.03. The topological polar surface area (TPSA) is 37.8 Å². The van der Waals surface area contributed by atoms with Gasteiger partial charge in [0.1, 0.15) is 0 Å². The van der Waals surface area contributed by atoms with Gasteiger partial charge in [0.25, 0.3) is 0 Å². The quantitative estimate of drug-likeness (QED) is 0.728. The number of aromatic amines is 1. The molecule has 0 unspecified atom stereocenters. The summed E-state index contributed by atoms with van der Waals surface area (Å²) in [5.41, 5.74) is -0.00115. The van der Waals surface area contributed by atoms with E-state index in [-0.39, 0.29) is 5.69 Å². The van der Waals surface area contributed by atoms with Crippen molar-refractivity contribution < 1.29 is 0 Å². The summed E-state index contributed by atoms with van der Waals surface area (Å²) in [4.78, 5) is 13.6. The van der Waals surface area contributed by atoms with E-state index in [2.05, 4.69) is 18.8 Å². The van der Waals surface area contributed by atoms with Crippen LogP contribution >= 0.6 is 0 Å². The summed E-state index contributed by atoms with van der Waals surface area (Å²) in [5.74, 6) is 0.722. The summed E-state index contributed by atoms with van der Waals surface area (Å²) in [6, 6.07) is 0. The van der Waals surface area contributed by atoms with Crippen molar-refractivity contribution in [2.75, 3.05) is 0 Å². The minimum atomic E-state index is -0.00115. The molecule has 68 valence electrons. The van der Waals surface area contributed by atoms with Crippen LogP contribution < -0.4 is 5.69 Å². The third-order valence-corrected chi connectivity index (χ3v) is 1.90. The van der Waals surface area contributed by atoms with Crippen LogP contribution in [0.15, 0.2) is 17.2 Å². The van der Waals surface area contributed by atoms with Crippen molar-refractivity contribution in [3.63, 3.8) is 0 Å². The van der Waals surface area contributed by atoms with Crippen LogP contribution in [0.2, 0.25) is 0 Å². The molecule has 1 rings (SSSR count). The van der Waals surface area contributed by atoms with Crippen LogP contribution in [0.5, 0.6) is 0 Å². The van der Waals surface area contributed by atoms with Gasteiger partial charge in [0.2, 0.25) is 0 Å². The second kappa shape index (κ2) is 4.14. The van der Waals surface area contributed by atoms with E-state index in [9.17, 15) is 4.79 Å². The van der Waals surface area contributed by atoms with Crippen molar-refractivity contribution in [2.45, 2.75) is 33.2 Å². The lowest BCUT2D eigenvalue weighted by molar-refractivity contribution is 0.506. The third kappa shape index (κ3) is 2.57. The van der Waals surface area contributed by atoms with Gasteiger partial charge in [-0.2, -0.15) is 0 Å². The fourth-order valence-corrected chi connectivity index (χ4v) is 1.20. The largest absolute Gasteiger partial charge is 0.325 e. The van der Waals surface area contributed by atoms with Gasteiger partial charge in [-0.3, -0.25) is 4.57 Å². The molecule has 0 amide bonds. The van der Waals surface area contributed by atoms with Crippen LogP contribution in [-0.4, -0.2) is 9.55 Å². The molecular formula is C9H16N2O. The minimum Gasteiger partial charge on any atom is -0.313 e. The molecule has 1 aromatic rings. The predicted octanol–water partition coefficient (Wildman–Crippen LogP) is 1.61. The van der Waals surface area contributed by atoms with Crippen LogP contribution in [0, 0.1) is 5.92 Å². The predicted molar refractivity (Wildman–Crippen MR) is 49.1 cm³/mol. The SMILES string of the molecule is CC(C)CCCn1cc[nH]c1=O. The lowest BCUT2D eigenvalue weighted by Gasteiger charge is -2.03. The fourth-order valence-electron chi connectivity index (χ4n) is 1.20. The Hall–Kier alpha value is -0.990. The Morgan fingerprint density at radius 1 is 1.58 bits per heavy atom. The fraction of sp³-hybridized carbons (Fsp3) is 0.667. The molecule has 1 heterocycles. The standard InChI is InChI=1S/C9H16N2O/c1-8(2)4-3-6-11-7-5-10-9(11)12/h5,7-8H,3-4,6H2,1-2H3,(H,10,12). The lowest BCUT2D eigenvalue weighted by Crippen LogP contribution is -2.16.